The van der Waals surface area contributed by atoms with Gasteiger partial charge >= 0.3 is 0 Å². The summed E-state index contributed by atoms with van der Waals surface area (Å²) in [7, 11) is 0. The van der Waals surface area contributed by atoms with Crippen LogP contribution in [0.15, 0.2) is 29.1 Å². The quantitative estimate of drug-likeness (QED) is 0.646. The van der Waals surface area contributed by atoms with Gasteiger partial charge in [-0.05, 0) is 25.0 Å². The summed E-state index contributed by atoms with van der Waals surface area (Å²) in [5, 5.41) is 16.2. The number of hydrogen-bond acceptors (Lipinski definition) is 3. The van der Waals surface area contributed by atoms with Crippen molar-refractivity contribution in [1.82, 2.24) is 0 Å². The van der Waals surface area contributed by atoms with Crippen molar-refractivity contribution in [3.05, 3.63) is 24.7 Å². The monoisotopic (exact) mass is 158 g/mol. The molecule has 0 amide bonds. The first-order chi connectivity index (χ1) is 5.41. The Morgan fingerprint density at radius 2 is 1.36 bits per heavy atom. The SMILES string of the molecule is OCCCCO.c1ccoc1. The summed E-state index contributed by atoms with van der Waals surface area (Å²) in [6, 6.07) is 3.67. The lowest BCUT2D eigenvalue weighted by atomic mass is 10.3. The fraction of sp³-hybridized carbons (Fsp3) is 0.500. The largest absolute Gasteiger partial charge is 0.473 e. The smallest absolute Gasteiger partial charge is 0.0902 e. The van der Waals surface area contributed by atoms with E-state index in [-0.39, 0.29) is 13.2 Å². The van der Waals surface area contributed by atoms with E-state index in [0.29, 0.717) is 0 Å². The summed E-state index contributed by atoms with van der Waals surface area (Å²) < 4.78 is 4.58. The van der Waals surface area contributed by atoms with Crippen LogP contribution in [0.25, 0.3) is 0 Å². The van der Waals surface area contributed by atoms with Crippen molar-refractivity contribution in [1.29, 1.82) is 0 Å². The molecule has 0 bridgehead atoms. The highest BCUT2D eigenvalue weighted by atomic mass is 16.3. The molecule has 0 aliphatic rings. The number of furan rings is 1. The average Bonchev–Trinajstić information content (AvgIpc) is 2.57. The van der Waals surface area contributed by atoms with Crippen LogP contribution in [0.5, 0.6) is 0 Å². The third kappa shape index (κ3) is 9.20. The Bertz CT molecular complexity index is 105. The molecule has 1 aromatic heterocycles. The number of rotatable bonds is 3. The summed E-state index contributed by atoms with van der Waals surface area (Å²) in [5.74, 6) is 0. The summed E-state index contributed by atoms with van der Waals surface area (Å²) in [5.41, 5.74) is 0. The zero-order valence-electron chi connectivity index (χ0n) is 6.44. The maximum atomic E-state index is 8.09. The maximum absolute atomic E-state index is 8.09. The Balaban J connectivity index is 0.000000183. The predicted molar refractivity (Wildman–Crippen MR) is 42.1 cm³/mol. The average molecular weight is 158 g/mol. The molecule has 0 aliphatic carbocycles. The van der Waals surface area contributed by atoms with Gasteiger partial charge in [-0.15, -0.1) is 0 Å². The molecule has 64 valence electrons. The zero-order valence-corrected chi connectivity index (χ0v) is 6.44. The minimum Gasteiger partial charge on any atom is -0.473 e. The van der Waals surface area contributed by atoms with Crippen molar-refractivity contribution >= 4 is 0 Å². The molecule has 0 saturated heterocycles. The maximum Gasteiger partial charge on any atom is 0.0902 e. The lowest BCUT2D eigenvalue weighted by molar-refractivity contribution is 0.242. The molecule has 1 rings (SSSR count). The molecular weight excluding hydrogens is 144 g/mol. The van der Waals surface area contributed by atoms with Gasteiger partial charge in [0.2, 0.25) is 0 Å². The van der Waals surface area contributed by atoms with Crippen molar-refractivity contribution in [2.45, 2.75) is 12.8 Å². The number of unbranched alkanes of at least 4 members (excludes halogenated alkanes) is 1. The van der Waals surface area contributed by atoms with E-state index in [1.807, 2.05) is 12.1 Å². The summed E-state index contributed by atoms with van der Waals surface area (Å²) in [4.78, 5) is 0. The van der Waals surface area contributed by atoms with Crippen LogP contribution in [-0.2, 0) is 0 Å². The molecular formula is C8H14O3. The van der Waals surface area contributed by atoms with Crippen molar-refractivity contribution < 1.29 is 14.6 Å². The van der Waals surface area contributed by atoms with E-state index in [1.54, 1.807) is 12.5 Å². The molecule has 2 N–H and O–H groups in total. The molecule has 0 spiro atoms. The van der Waals surface area contributed by atoms with Crippen LogP contribution in [0.3, 0.4) is 0 Å². The van der Waals surface area contributed by atoms with E-state index in [4.69, 9.17) is 10.2 Å². The van der Waals surface area contributed by atoms with Gasteiger partial charge in [0, 0.05) is 13.2 Å². The van der Waals surface area contributed by atoms with Crippen molar-refractivity contribution in [3.8, 4) is 0 Å². The van der Waals surface area contributed by atoms with Crippen LogP contribution in [-0.4, -0.2) is 23.4 Å². The van der Waals surface area contributed by atoms with Crippen LogP contribution in [0.2, 0.25) is 0 Å². The van der Waals surface area contributed by atoms with Gasteiger partial charge in [0.05, 0.1) is 12.5 Å². The molecule has 3 nitrogen and oxygen atoms in total. The molecule has 0 aliphatic heterocycles. The Morgan fingerprint density at radius 1 is 0.909 bits per heavy atom. The molecule has 1 aromatic rings. The highest BCUT2D eigenvalue weighted by molar-refractivity contribution is 4.79. The first-order valence-corrected chi connectivity index (χ1v) is 3.60. The molecule has 0 fully saturated rings. The third-order valence-electron chi connectivity index (χ3n) is 0.992. The number of aliphatic hydroxyl groups is 2. The highest BCUT2D eigenvalue weighted by Gasteiger charge is 1.77. The summed E-state index contributed by atoms with van der Waals surface area (Å²) >= 11 is 0. The van der Waals surface area contributed by atoms with E-state index >= 15 is 0 Å². The van der Waals surface area contributed by atoms with E-state index in [1.165, 1.54) is 0 Å². The Hall–Kier alpha value is -0.800. The second kappa shape index (κ2) is 9.20. The second-order valence-electron chi connectivity index (χ2n) is 1.95. The molecule has 0 unspecified atom stereocenters. The first kappa shape index (κ1) is 10.2. The van der Waals surface area contributed by atoms with Gasteiger partial charge in [-0.25, -0.2) is 0 Å². The minimum absolute atomic E-state index is 0.195. The molecule has 0 radical (unpaired) electrons. The van der Waals surface area contributed by atoms with E-state index in [9.17, 15) is 0 Å². The van der Waals surface area contributed by atoms with Gasteiger partial charge in [0.15, 0.2) is 0 Å². The molecule has 0 atom stereocenters. The molecule has 0 saturated carbocycles. The Kier molecular flexibility index (Phi) is 8.53. The topological polar surface area (TPSA) is 53.6 Å². The standard InChI is InChI=1S/C4H10O2.C4H4O/c5-3-1-2-4-6;1-2-4-5-3-1/h5-6H,1-4H2;1-4H. The van der Waals surface area contributed by atoms with Crippen LogP contribution < -0.4 is 0 Å². The van der Waals surface area contributed by atoms with E-state index in [2.05, 4.69) is 4.42 Å². The highest BCUT2D eigenvalue weighted by Crippen LogP contribution is 1.80. The van der Waals surface area contributed by atoms with Crippen LogP contribution in [0, 0.1) is 0 Å². The normalized spacial score (nSPS) is 8.55. The van der Waals surface area contributed by atoms with Gasteiger partial charge in [0.25, 0.3) is 0 Å². The first-order valence-electron chi connectivity index (χ1n) is 3.60. The summed E-state index contributed by atoms with van der Waals surface area (Å²) in [6.45, 7) is 0.390. The van der Waals surface area contributed by atoms with Crippen molar-refractivity contribution in [2.24, 2.45) is 0 Å². The third-order valence-corrected chi connectivity index (χ3v) is 0.992. The molecule has 0 aromatic carbocycles. The van der Waals surface area contributed by atoms with Crippen LogP contribution in [0.1, 0.15) is 12.8 Å². The van der Waals surface area contributed by atoms with Gasteiger partial charge in [0.1, 0.15) is 0 Å². The fourth-order valence-corrected chi connectivity index (χ4v) is 0.450. The van der Waals surface area contributed by atoms with Crippen molar-refractivity contribution in [2.75, 3.05) is 13.2 Å². The van der Waals surface area contributed by atoms with Crippen molar-refractivity contribution in [3.63, 3.8) is 0 Å². The molecule has 3 heteroatoms. The Morgan fingerprint density at radius 3 is 1.55 bits per heavy atom. The lowest BCUT2D eigenvalue weighted by Crippen LogP contribution is -1.85. The van der Waals surface area contributed by atoms with Gasteiger partial charge in [-0.2, -0.15) is 0 Å². The summed E-state index contributed by atoms with van der Waals surface area (Å²) in [6.07, 6.45) is 4.69. The number of hydrogen-bond donors (Lipinski definition) is 2. The van der Waals surface area contributed by atoms with E-state index < -0.39 is 0 Å². The molecule has 11 heavy (non-hydrogen) atoms. The second-order valence-corrected chi connectivity index (χ2v) is 1.95. The fourth-order valence-electron chi connectivity index (χ4n) is 0.450. The van der Waals surface area contributed by atoms with Gasteiger partial charge in [-0.1, -0.05) is 0 Å². The van der Waals surface area contributed by atoms with Crippen LogP contribution >= 0.6 is 0 Å². The van der Waals surface area contributed by atoms with E-state index in [0.717, 1.165) is 12.8 Å². The lowest BCUT2D eigenvalue weighted by Gasteiger charge is -1.85. The van der Waals surface area contributed by atoms with Gasteiger partial charge in [-0.3, -0.25) is 0 Å². The van der Waals surface area contributed by atoms with Gasteiger partial charge < -0.3 is 14.6 Å². The number of aliphatic hydroxyl groups excluding tert-OH is 2. The van der Waals surface area contributed by atoms with Crippen LogP contribution in [0.4, 0.5) is 0 Å². The Labute approximate surface area is 66.3 Å². The minimum atomic E-state index is 0.195. The zero-order chi connectivity index (χ0) is 8.36. The predicted octanol–water partition coefficient (Wildman–Crippen LogP) is 1.03. The molecule has 1 heterocycles.